The second kappa shape index (κ2) is 6.63. The van der Waals surface area contributed by atoms with Crippen molar-refractivity contribution >= 4 is 0 Å². The molecule has 1 aliphatic heterocycles. The summed E-state index contributed by atoms with van der Waals surface area (Å²) in [6.07, 6.45) is 2.84. The Morgan fingerprint density at radius 3 is 2.88 bits per heavy atom. The van der Waals surface area contributed by atoms with Gasteiger partial charge in [0.2, 0.25) is 5.89 Å². The van der Waals surface area contributed by atoms with Gasteiger partial charge in [0, 0.05) is 6.20 Å². The van der Waals surface area contributed by atoms with Crippen LogP contribution in [-0.2, 0) is 6.54 Å². The van der Waals surface area contributed by atoms with Crippen molar-refractivity contribution in [2.75, 3.05) is 6.54 Å². The molecular formula is C15H15F2N7O. The molecule has 1 aliphatic rings. The van der Waals surface area contributed by atoms with Crippen LogP contribution in [0.3, 0.4) is 0 Å². The molecule has 4 rings (SSSR count). The topological polar surface area (TPSA) is 94.6 Å². The van der Waals surface area contributed by atoms with Gasteiger partial charge in [-0.05, 0) is 31.5 Å². The molecule has 25 heavy (non-hydrogen) atoms. The van der Waals surface area contributed by atoms with Crippen molar-refractivity contribution in [3.05, 3.63) is 41.8 Å². The van der Waals surface area contributed by atoms with Crippen LogP contribution in [0.2, 0.25) is 0 Å². The van der Waals surface area contributed by atoms with Gasteiger partial charge in [0.05, 0.1) is 35.7 Å². The average Bonchev–Trinajstić information content (AvgIpc) is 3.36. The third-order valence-corrected chi connectivity index (χ3v) is 4.00. The average molecular weight is 347 g/mol. The van der Waals surface area contributed by atoms with Crippen LogP contribution < -0.4 is 5.32 Å². The molecule has 0 saturated carbocycles. The quantitative estimate of drug-likeness (QED) is 0.755. The van der Waals surface area contributed by atoms with Crippen molar-refractivity contribution in [1.82, 2.24) is 35.5 Å². The first-order valence-electron chi connectivity index (χ1n) is 7.89. The SMILES string of the molecule is FC(F)c1nnc(-c2ccc(Cn3cc(C4CCCN4)nn3)nc2)o1. The van der Waals surface area contributed by atoms with E-state index in [0.717, 1.165) is 30.8 Å². The molecule has 130 valence electrons. The largest absolute Gasteiger partial charge is 0.415 e. The molecule has 3 aromatic rings. The molecule has 0 bridgehead atoms. The highest BCUT2D eigenvalue weighted by Crippen LogP contribution is 2.23. The van der Waals surface area contributed by atoms with Gasteiger partial charge in [-0.15, -0.1) is 15.3 Å². The van der Waals surface area contributed by atoms with E-state index in [-0.39, 0.29) is 11.9 Å². The Hall–Kier alpha value is -2.75. The first-order chi connectivity index (χ1) is 12.2. The molecule has 4 heterocycles. The van der Waals surface area contributed by atoms with Crippen molar-refractivity contribution in [2.45, 2.75) is 31.9 Å². The van der Waals surface area contributed by atoms with E-state index in [1.54, 1.807) is 16.8 Å². The summed E-state index contributed by atoms with van der Waals surface area (Å²) in [5.41, 5.74) is 2.17. The van der Waals surface area contributed by atoms with Crippen LogP contribution in [0.25, 0.3) is 11.5 Å². The van der Waals surface area contributed by atoms with Crippen LogP contribution in [0.5, 0.6) is 0 Å². The number of aromatic nitrogens is 6. The van der Waals surface area contributed by atoms with Crippen LogP contribution in [0.15, 0.2) is 28.9 Å². The summed E-state index contributed by atoms with van der Waals surface area (Å²) in [4.78, 5) is 4.29. The van der Waals surface area contributed by atoms with E-state index in [1.807, 2.05) is 6.20 Å². The molecular weight excluding hydrogens is 332 g/mol. The smallest absolute Gasteiger partial charge is 0.314 e. The van der Waals surface area contributed by atoms with E-state index in [4.69, 9.17) is 4.42 Å². The Balaban J connectivity index is 1.45. The van der Waals surface area contributed by atoms with E-state index < -0.39 is 12.3 Å². The van der Waals surface area contributed by atoms with Crippen molar-refractivity contribution in [3.8, 4) is 11.5 Å². The maximum atomic E-state index is 12.5. The van der Waals surface area contributed by atoms with Gasteiger partial charge in [0.25, 0.3) is 5.89 Å². The molecule has 3 aromatic heterocycles. The minimum absolute atomic E-state index is 0.0182. The molecule has 10 heteroatoms. The Labute approximate surface area is 141 Å². The minimum Gasteiger partial charge on any atom is -0.415 e. The van der Waals surface area contributed by atoms with E-state index in [0.29, 0.717) is 12.1 Å². The van der Waals surface area contributed by atoms with Gasteiger partial charge in [-0.25, -0.2) is 4.68 Å². The van der Waals surface area contributed by atoms with Crippen molar-refractivity contribution in [1.29, 1.82) is 0 Å². The number of nitrogens with zero attached hydrogens (tertiary/aromatic N) is 6. The summed E-state index contributed by atoms with van der Waals surface area (Å²) in [5, 5.41) is 18.6. The lowest BCUT2D eigenvalue weighted by molar-refractivity contribution is 0.116. The zero-order valence-electron chi connectivity index (χ0n) is 13.1. The van der Waals surface area contributed by atoms with E-state index >= 15 is 0 Å². The van der Waals surface area contributed by atoms with Gasteiger partial charge in [0.15, 0.2) is 0 Å². The maximum absolute atomic E-state index is 12.5. The fourth-order valence-corrected chi connectivity index (χ4v) is 2.74. The Bertz CT molecular complexity index is 840. The Kier molecular flexibility index (Phi) is 4.18. The molecule has 0 radical (unpaired) electrons. The first-order valence-corrected chi connectivity index (χ1v) is 7.89. The van der Waals surface area contributed by atoms with E-state index in [1.165, 1.54) is 6.20 Å². The van der Waals surface area contributed by atoms with Crippen molar-refractivity contribution < 1.29 is 13.2 Å². The van der Waals surface area contributed by atoms with Crippen molar-refractivity contribution in [2.24, 2.45) is 0 Å². The van der Waals surface area contributed by atoms with Crippen molar-refractivity contribution in [3.63, 3.8) is 0 Å². The third kappa shape index (κ3) is 3.38. The zero-order valence-corrected chi connectivity index (χ0v) is 13.1. The van der Waals surface area contributed by atoms with Crippen LogP contribution in [-0.4, -0.2) is 36.7 Å². The number of nitrogens with one attached hydrogen (secondary N) is 1. The minimum atomic E-state index is -2.79. The fourth-order valence-electron chi connectivity index (χ4n) is 2.74. The summed E-state index contributed by atoms with van der Waals surface area (Å²) < 4.78 is 31.6. The summed E-state index contributed by atoms with van der Waals surface area (Å²) >= 11 is 0. The number of alkyl halides is 2. The molecule has 0 aliphatic carbocycles. The highest BCUT2D eigenvalue weighted by molar-refractivity contribution is 5.50. The van der Waals surface area contributed by atoms with Gasteiger partial charge < -0.3 is 9.73 Å². The Morgan fingerprint density at radius 2 is 2.20 bits per heavy atom. The molecule has 0 spiro atoms. The fraction of sp³-hybridized carbons (Fsp3) is 0.400. The second-order valence-corrected chi connectivity index (χ2v) is 5.77. The monoisotopic (exact) mass is 347 g/mol. The maximum Gasteiger partial charge on any atom is 0.314 e. The lowest BCUT2D eigenvalue weighted by Crippen LogP contribution is -2.13. The number of rotatable bonds is 5. The number of hydrogen-bond acceptors (Lipinski definition) is 7. The number of pyridine rings is 1. The van der Waals surface area contributed by atoms with Crippen LogP contribution in [0.4, 0.5) is 8.78 Å². The molecule has 8 nitrogen and oxygen atoms in total. The molecule has 1 unspecified atom stereocenters. The summed E-state index contributed by atoms with van der Waals surface area (Å²) in [7, 11) is 0. The van der Waals surface area contributed by atoms with Crippen LogP contribution in [0, 0.1) is 0 Å². The molecule has 1 fully saturated rings. The standard InChI is InChI=1S/C15H15F2N7O/c16-13(17)15-22-21-14(25-15)9-3-4-10(19-6-9)7-24-8-12(20-23-24)11-2-1-5-18-11/h3-4,6,8,11,13,18H,1-2,5,7H2. The Morgan fingerprint density at radius 1 is 1.28 bits per heavy atom. The molecule has 0 amide bonds. The highest BCUT2D eigenvalue weighted by atomic mass is 19.3. The molecule has 1 saturated heterocycles. The normalized spacial score (nSPS) is 17.5. The lowest BCUT2D eigenvalue weighted by atomic mass is 10.2. The molecule has 1 atom stereocenters. The van der Waals surface area contributed by atoms with Gasteiger partial charge >= 0.3 is 6.43 Å². The van der Waals surface area contributed by atoms with Crippen LogP contribution in [0.1, 0.15) is 42.6 Å². The molecule has 0 aromatic carbocycles. The van der Waals surface area contributed by atoms with E-state index in [9.17, 15) is 8.78 Å². The number of halogens is 2. The lowest BCUT2D eigenvalue weighted by Gasteiger charge is -2.04. The van der Waals surface area contributed by atoms with Gasteiger partial charge in [-0.3, -0.25) is 4.98 Å². The predicted octanol–water partition coefficient (Wildman–Crippen LogP) is 2.13. The second-order valence-electron chi connectivity index (χ2n) is 5.77. The van der Waals surface area contributed by atoms with Gasteiger partial charge in [-0.2, -0.15) is 8.78 Å². The zero-order chi connectivity index (χ0) is 17.2. The summed E-state index contributed by atoms with van der Waals surface area (Å²) in [5.74, 6) is -0.681. The van der Waals surface area contributed by atoms with Gasteiger partial charge in [0.1, 0.15) is 0 Å². The predicted molar refractivity (Wildman–Crippen MR) is 81.6 cm³/mol. The third-order valence-electron chi connectivity index (χ3n) is 4.00. The summed E-state index contributed by atoms with van der Waals surface area (Å²) in [6, 6.07) is 3.73. The number of hydrogen-bond donors (Lipinski definition) is 1. The van der Waals surface area contributed by atoms with Crippen LogP contribution >= 0.6 is 0 Å². The first kappa shape index (κ1) is 15.8. The van der Waals surface area contributed by atoms with Gasteiger partial charge in [-0.1, -0.05) is 5.21 Å². The van der Waals surface area contributed by atoms with E-state index in [2.05, 4.69) is 30.8 Å². The highest BCUT2D eigenvalue weighted by Gasteiger charge is 2.19. The molecule has 1 N–H and O–H groups in total. The summed E-state index contributed by atoms with van der Waals surface area (Å²) in [6.45, 7) is 1.47.